The van der Waals surface area contributed by atoms with E-state index in [0.717, 1.165) is 0 Å². The maximum absolute atomic E-state index is 14.0. The Morgan fingerprint density at radius 2 is 2.00 bits per heavy atom. The monoisotopic (exact) mass is 416 g/mol. The van der Waals surface area contributed by atoms with Gasteiger partial charge >= 0.3 is 5.97 Å². The molecule has 0 unspecified atom stereocenters. The number of halogens is 2. The number of benzene rings is 1. The highest BCUT2D eigenvalue weighted by atomic mass is 127. The molecule has 0 aliphatic rings. The number of carbonyl (C=O) groups is 1. The van der Waals surface area contributed by atoms with E-state index in [9.17, 15) is 14.0 Å². The molecule has 0 saturated heterocycles. The van der Waals surface area contributed by atoms with Gasteiger partial charge in [-0.05, 0) is 25.1 Å². The summed E-state index contributed by atoms with van der Waals surface area (Å²) in [4.78, 5) is 24.2. The van der Waals surface area contributed by atoms with E-state index in [4.69, 9.17) is 4.74 Å². The van der Waals surface area contributed by atoms with E-state index in [1.807, 2.05) is 22.9 Å². The molecule has 0 radical (unpaired) electrons. The first kappa shape index (κ1) is 16.5. The Kier molecular flexibility index (Phi) is 4.84. The molecule has 0 aliphatic heterocycles. The molecule has 1 heterocycles. The Balaban J connectivity index is 2.73. The van der Waals surface area contributed by atoms with Crippen LogP contribution in [0.5, 0.6) is 0 Å². The highest BCUT2D eigenvalue weighted by Gasteiger charge is 2.23. The van der Waals surface area contributed by atoms with Crippen LogP contribution in [-0.2, 0) is 11.8 Å². The lowest BCUT2D eigenvalue weighted by Gasteiger charge is -2.22. The number of hydrogen-bond acceptors (Lipinski definition) is 4. The van der Waals surface area contributed by atoms with Gasteiger partial charge in [-0.3, -0.25) is 12.5 Å². The standard InChI is InChI=1S/C15H14FIN2O3/c1-9-8-10(15(21)22-3)13(18(2)14(9)20)19(17)12-7-5-4-6-11(12)16/h4-8H,1-3H3. The predicted molar refractivity (Wildman–Crippen MR) is 90.3 cm³/mol. The van der Waals surface area contributed by atoms with Crippen LogP contribution in [-0.4, -0.2) is 17.6 Å². The fourth-order valence-corrected chi connectivity index (χ4v) is 3.08. The summed E-state index contributed by atoms with van der Waals surface area (Å²) < 4.78 is 21.5. The number of ether oxygens (including phenoxy) is 1. The number of methoxy groups -OCH3 is 1. The fraction of sp³-hybridized carbons (Fsp3) is 0.200. The van der Waals surface area contributed by atoms with E-state index in [-0.39, 0.29) is 22.6 Å². The van der Waals surface area contributed by atoms with Crippen LogP contribution >= 0.6 is 22.9 Å². The van der Waals surface area contributed by atoms with E-state index >= 15 is 0 Å². The summed E-state index contributed by atoms with van der Waals surface area (Å²) in [6, 6.07) is 7.57. The molecule has 116 valence electrons. The van der Waals surface area contributed by atoms with Crippen molar-refractivity contribution >= 4 is 40.3 Å². The zero-order chi connectivity index (χ0) is 16.4. The molecule has 2 aromatic rings. The molecule has 7 heteroatoms. The highest BCUT2D eigenvalue weighted by Crippen LogP contribution is 2.33. The van der Waals surface area contributed by atoms with E-state index in [2.05, 4.69) is 0 Å². The number of carbonyl (C=O) groups excluding carboxylic acids is 1. The molecule has 1 aromatic heterocycles. The summed E-state index contributed by atoms with van der Waals surface area (Å²) in [6.45, 7) is 1.61. The highest BCUT2D eigenvalue weighted by molar-refractivity contribution is 14.1. The second kappa shape index (κ2) is 6.47. The summed E-state index contributed by atoms with van der Waals surface area (Å²) in [7, 11) is 2.79. The molecule has 5 nitrogen and oxygen atoms in total. The van der Waals surface area contributed by atoms with Crippen molar-refractivity contribution < 1.29 is 13.9 Å². The predicted octanol–water partition coefficient (Wildman–Crippen LogP) is 3.11. The van der Waals surface area contributed by atoms with Crippen molar-refractivity contribution in [3.8, 4) is 0 Å². The molecular weight excluding hydrogens is 402 g/mol. The Bertz CT molecular complexity index is 789. The summed E-state index contributed by atoms with van der Waals surface area (Å²) in [5, 5.41) is 0. The number of anilines is 2. The first-order chi connectivity index (χ1) is 10.4. The van der Waals surface area contributed by atoms with Crippen molar-refractivity contribution in [2.45, 2.75) is 6.92 Å². The number of para-hydroxylation sites is 1. The lowest BCUT2D eigenvalue weighted by Crippen LogP contribution is -2.27. The van der Waals surface area contributed by atoms with Crippen LogP contribution in [0.25, 0.3) is 0 Å². The summed E-state index contributed by atoms with van der Waals surface area (Å²) in [5.41, 5.74) is 0.581. The third-order valence-corrected chi connectivity index (χ3v) is 4.19. The molecule has 0 spiro atoms. The van der Waals surface area contributed by atoms with Gasteiger partial charge in [0.15, 0.2) is 0 Å². The van der Waals surface area contributed by atoms with Gasteiger partial charge in [-0.15, -0.1) is 0 Å². The maximum Gasteiger partial charge on any atom is 0.341 e. The topological polar surface area (TPSA) is 51.5 Å². The van der Waals surface area contributed by atoms with Gasteiger partial charge < -0.3 is 4.74 Å². The van der Waals surface area contributed by atoms with Crippen molar-refractivity contribution in [3.05, 3.63) is 57.6 Å². The van der Waals surface area contributed by atoms with Gasteiger partial charge in [-0.25, -0.2) is 9.18 Å². The van der Waals surface area contributed by atoms with E-state index < -0.39 is 11.8 Å². The number of esters is 1. The van der Waals surface area contributed by atoms with Gasteiger partial charge in [0.2, 0.25) is 0 Å². The van der Waals surface area contributed by atoms with Crippen LogP contribution in [0.4, 0.5) is 15.9 Å². The second-order valence-corrected chi connectivity index (χ2v) is 5.62. The third-order valence-electron chi connectivity index (χ3n) is 3.22. The van der Waals surface area contributed by atoms with Crippen molar-refractivity contribution in [3.63, 3.8) is 0 Å². The molecule has 1 aromatic carbocycles. The van der Waals surface area contributed by atoms with Crippen molar-refractivity contribution in [2.75, 3.05) is 10.2 Å². The lowest BCUT2D eigenvalue weighted by atomic mass is 10.2. The molecule has 22 heavy (non-hydrogen) atoms. The lowest BCUT2D eigenvalue weighted by molar-refractivity contribution is 0.0601. The van der Waals surface area contributed by atoms with Gasteiger partial charge in [-0.2, -0.15) is 0 Å². The van der Waals surface area contributed by atoms with Crippen molar-refractivity contribution in [1.82, 2.24) is 4.57 Å². The number of aromatic nitrogens is 1. The second-order valence-electron chi connectivity index (χ2n) is 4.65. The fourth-order valence-electron chi connectivity index (χ4n) is 2.11. The quantitative estimate of drug-likeness (QED) is 0.439. The largest absolute Gasteiger partial charge is 0.465 e. The van der Waals surface area contributed by atoms with Crippen LogP contribution < -0.4 is 8.67 Å². The van der Waals surface area contributed by atoms with Gasteiger partial charge in [-0.1, -0.05) is 12.1 Å². The zero-order valence-electron chi connectivity index (χ0n) is 12.3. The average Bonchev–Trinajstić information content (AvgIpc) is 2.51. The number of aryl methyl sites for hydroxylation is 1. The molecule has 2 rings (SSSR count). The number of rotatable bonds is 3. The molecule has 0 bridgehead atoms. The van der Waals surface area contributed by atoms with Gasteiger partial charge in [0.05, 0.1) is 35.7 Å². The summed E-state index contributed by atoms with van der Waals surface area (Å²) in [5.74, 6) is -0.791. The van der Waals surface area contributed by atoms with Crippen molar-refractivity contribution in [2.24, 2.45) is 7.05 Å². The Morgan fingerprint density at radius 3 is 2.59 bits per heavy atom. The van der Waals surface area contributed by atoms with Crippen LogP contribution in [0.3, 0.4) is 0 Å². The first-order valence-corrected chi connectivity index (χ1v) is 7.34. The first-order valence-electron chi connectivity index (χ1n) is 6.37. The minimum atomic E-state index is -0.591. The summed E-state index contributed by atoms with van der Waals surface area (Å²) in [6.07, 6.45) is 0. The van der Waals surface area contributed by atoms with Gasteiger partial charge in [0.1, 0.15) is 17.2 Å². The number of nitrogens with zero attached hydrogens (tertiary/aromatic N) is 2. The number of pyridine rings is 1. The minimum absolute atomic E-state index is 0.194. The third kappa shape index (κ3) is 2.85. The Labute approximate surface area is 140 Å². The molecular formula is C15H14FIN2O3. The molecule has 0 atom stereocenters. The SMILES string of the molecule is COC(=O)c1cc(C)c(=O)n(C)c1N(I)c1ccccc1F. The van der Waals surface area contributed by atoms with Crippen LogP contribution in [0, 0.1) is 12.7 Å². The summed E-state index contributed by atoms with van der Waals surface area (Å²) >= 11 is 1.85. The zero-order valence-corrected chi connectivity index (χ0v) is 14.4. The van der Waals surface area contributed by atoms with E-state index in [1.165, 1.54) is 34.0 Å². The minimum Gasteiger partial charge on any atom is -0.465 e. The molecule has 0 amide bonds. The Morgan fingerprint density at radius 1 is 1.36 bits per heavy atom. The van der Waals surface area contributed by atoms with Crippen LogP contribution in [0.15, 0.2) is 35.1 Å². The average molecular weight is 416 g/mol. The molecule has 0 aliphatic carbocycles. The molecule has 0 N–H and O–H groups in total. The van der Waals surface area contributed by atoms with E-state index in [0.29, 0.717) is 5.56 Å². The molecule has 0 fully saturated rings. The van der Waals surface area contributed by atoms with E-state index in [1.54, 1.807) is 25.1 Å². The smallest absolute Gasteiger partial charge is 0.341 e. The van der Waals surface area contributed by atoms with Gasteiger partial charge in [0.25, 0.3) is 5.56 Å². The Hall–Kier alpha value is -1.90. The maximum atomic E-state index is 14.0. The van der Waals surface area contributed by atoms with Gasteiger partial charge in [0, 0.05) is 12.6 Å². The van der Waals surface area contributed by atoms with Crippen LogP contribution in [0.1, 0.15) is 15.9 Å². The molecule has 0 saturated carbocycles. The number of hydrogen-bond donors (Lipinski definition) is 0. The van der Waals surface area contributed by atoms with Crippen LogP contribution in [0.2, 0.25) is 0 Å². The normalized spacial score (nSPS) is 10.4. The van der Waals surface area contributed by atoms with Crippen molar-refractivity contribution in [1.29, 1.82) is 0 Å².